The molecule has 0 fully saturated rings. The van der Waals surface area contributed by atoms with Crippen LogP contribution < -0.4 is 0 Å². The summed E-state index contributed by atoms with van der Waals surface area (Å²) in [6.07, 6.45) is 6.60. The molecule has 3 rings (SSSR count). The van der Waals surface area contributed by atoms with Gasteiger partial charge in [-0.25, -0.2) is 0 Å². The Kier molecular flexibility index (Phi) is 9.07. The zero-order valence-corrected chi connectivity index (χ0v) is 15.7. The van der Waals surface area contributed by atoms with Gasteiger partial charge >= 0.3 is 0 Å². The molecule has 0 amide bonds. The van der Waals surface area contributed by atoms with Crippen LogP contribution in [0.3, 0.4) is 0 Å². The highest BCUT2D eigenvalue weighted by Crippen LogP contribution is 2.29. The molecule has 0 aromatic heterocycles. The number of rotatable bonds is 7. The summed E-state index contributed by atoms with van der Waals surface area (Å²) in [5, 5.41) is 8.63. The Morgan fingerprint density at radius 1 is 0.615 bits per heavy atom. The summed E-state index contributed by atoms with van der Waals surface area (Å²) in [5.74, 6) is 0.877. The summed E-state index contributed by atoms with van der Waals surface area (Å²) in [6, 6.07) is 30.6. The van der Waals surface area contributed by atoms with E-state index in [0.717, 1.165) is 0 Å². The second kappa shape index (κ2) is 11.9. The van der Waals surface area contributed by atoms with Gasteiger partial charge in [0.2, 0.25) is 0 Å². The van der Waals surface area contributed by atoms with Gasteiger partial charge in [0.05, 0.1) is 0 Å². The van der Waals surface area contributed by atoms with Gasteiger partial charge in [0, 0.05) is 5.92 Å². The van der Waals surface area contributed by atoms with Gasteiger partial charge in [0.1, 0.15) is 5.75 Å². The average Bonchev–Trinajstić information content (AvgIpc) is 2.70. The quantitative estimate of drug-likeness (QED) is 0.449. The van der Waals surface area contributed by atoms with Crippen LogP contribution in [0.15, 0.2) is 91.0 Å². The molecule has 26 heavy (non-hydrogen) atoms. The van der Waals surface area contributed by atoms with Gasteiger partial charge in [-0.2, -0.15) is 0 Å². The van der Waals surface area contributed by atoms with Crippen LogP contribution >= 0.6 is 0 Å². The predicted molar refractivity (Wildman–Crippen MR) is 112 cm³/mol. The Balaban J connectivity index is 0.000000290. The van der Waals surface area contributed by atoms with Gasteiger partial charge in [-0.3, -0.25) is 0 Å². The van der Waals surface area contributed by atoms with Crippen LogP contribution in [-0.4, -0.2) is 5.11 Å². The minimum atomic E-state index is 0.322. The van der Waals surface area contributed by atoms with E-state index in [9.17, 15) is 0 Å². The molecule has 136 valence electrons. The fraction of sp³-hybridized carbons (Fsp3) is 0.280. The van der Waals surface area contributed by atoms with Gasteiger partial charge in [-0.15, -0.1) is 0 Å². The van der Waals surface area contributed by atoms with Gasteiger partial charge in [-0.05, 0) is 29.7 Å². The lowest BCUT2D eigenvalue weighted by Gasteiger charge is -2.18. The van der Waals surface area contributed by atoms with E-state index in [1.807, 2.05) is 6.07 Å². The first-order valence-corrected chi connectivity index (χ1v) is 9.65. The predicted octanol–water partition coefficient (Wildman–Crippen LogP) is 7.18. The zero-order chi connectivity index (χ0) is 18.5. The van der Waals surface area contributed by atoms with Gasteiger partial charge in [0.25, 0.3) is 0 Å². The highest BCUT2D eigenvalue weighted by Gasteiger charge is 2.12. The Morgan fingerprint density at radius 3 is 1.46 bits per heavy atom. The number of phenolic OH excluding ortho intramolecular Hbond substituents is 1. The summed E-state index contributed by atoms with van der Waals surface area (Å²) in [7, 11) is 0. The summed E-state index contributed by atoms with van der Waals surface area (Å²) >= 11 is 0. The van der Waals surface area contributed by atoms with E-state index in [0.29, 0.717) is 11.7 Å². The molecule has 0 saturated heterocycles. The Morgan fingerprint density at radius 2 is 1.08 bits per heavy atom. The first-order chi connectivity index (χ1) is 12.8. The topological polar surface area (TPSA) is 20.2 Å². The molecular weight excluding hydrogens is 316 g/mol. The summed E-state index contributed by atoms with van der Waals surface area (Å²) in [5.41, 5.74) is 2.90. The number of hydrogen-bond acceptors (Lipinski definition) is 1. The first-order valence-electron chi connectivity index (χ1n) is 9.65. The Labute approximate surface area is 158 Å². The minimum absolute atomic E-state index is 0.322. The van der Waals surface area contributed by atoms with Crippen molar-refractivity contribution in [3.63, 3.8) is 0 Å². The van der Waals surface area contributed by atoms with Crippen molar-refractivity contribution in [1.29, 1.82) is 0 Å². The monoisotopic (exact) mass is 346 g/mol. The Bertz CT molecular complexity index is 652. The highest BCUT2D eigenvalue weighted by molar-refractivity contribution is 5.32. The van der Waals surface area contributed by atoms with Crippen LogP contribution in [0.1, 0.15) is 56.1 Å². The van der Waals surface area contributed by atoms with Crippen LogP contribution in [0.25, 0.3) is 0 Å². The van der Waals surface area contributed by atoms with Crippen LogP contribution in [-0.2, 0) is 0 Å². The van der Waals surface area contributed by atoms with E-state index in [4.69, 9.17) is 5.11 Å². The average molecular weight is 347 g/mol. The number of unbranched alkanes of at least 4 members (excludes halogenated alkanes) is 3. The number of phenols is 1. The molecule has 1 N–H and O–H groups in total. The summed E-state index contributed by atoms with van der Waals surface area (Å²) in [6.45, 7) is 2.27. The third-order valence-corrected chi connectivity index (χ3v) is 4.51. The third-order valence-electron chi connectivity index (χ3n) is 4.51. The standard InChI is InChI=1S/C19H24.C6H6O/c1-2-3-4-11-16-19(17-12-7-5-8-13-17)18-14-9-6-10-15-18;7-6-4-2-1-3-5-6/h5-10,12-15,19H,2-4,11,16H2,1H3;1-5,7H. The second-order valence-corrected chi connectivity index (χ2v) is 6.56. The van der Waals surface area contributed by atoms with Crippen molar-refractivity contribution >= 4 is 0 Å². The summed E-state index contributed by atoms with van der Waals surface area (Å²) < 4.78 is 0. The van der Waals surface area contributed by atoms with Crippen LogP contribution in [0, 0.1) is 0 Å². The molecule has 0 atom stereocenters. The SMILES string of the molecule is CCCCCCC(c1ccccc1)c1ccccc1.Oc1ccccc1. The molecule has 0 spiro atoms. The second-order valence-electron chi connectivity index (χ2n) is 6.56. The van der Waals surface area contributed by atoms with Crippen LogP contribution in [0.2, 0.25) is 0 Å². The van der Waals surface area contributed by atoms with Crippen molar-refractivity contribution in [2.45, 2.75) is 44.9 Å². The van der Waals surface area contributed by atoms with E-state index in [1.54, 1.807) is 24.3 Å². The van der Waals surface area contributed by atoms with Crippen molar-refractivity contribution in [3.05, 3.63) is 102 Å². The summed E-state index contributed by atoms with van der Waals surface area (Å²) in [4.78, 5) is 0. The lowest BCUT2D eigenvalue weighted by atomic mass is 9.87. The Hall–Kier alpha value is -2.54. The molecular formula is C25H30O. The molecule has 0 aliphatic heterocycles. The molecule has 3 aromatic rings. The molecule has 0 unspecified atom stereocenters. The van der Waals surface area contributed by atoms with Crippen LogP contribution in [0.4, 0.5) is 0 Å². The molecule has 0 radical (unpaired) electrons. The molecule has 0 aliphatic carbocycles. The largest absolute Gasteiger partial charge is 0.508 e. The minimum Gasteiger partial charge on any atom is -0.508 e. The number of hydrogen-bond donors (Lipinski definition) is 1. The molecule has 1 nitrogen and oxygen atoms in total. The van der Waals surface area contributed by atoms with E-state index >= 15 is 0 Å². The van der Waals surface area contributed by atoms with Crippen LogP contribution in [0.5, 0.6) is 5.75 Å². The smallest absolute Gasteiger partial charge is 0.115 e. The fourth-order valence-corrected chi connectivity index (χ4v) is 3.10. The molecule has 0 heterocycles. The number of benzene rings is 3. The lowest BCUT2D eigenvalue weighted by molar-refractivity contribution is 0.475. The first kappa shape index (κ1) is 19.8. The van der Waals surface area contributed by atoms with E-state index in [1.165, 1.54) is 43.2 Å². The number of aromatic hydroxyl groups is 1. The lowest BCUT2D eigenvalue weighted by Crippen LogP contribution is -2.01. The maximum Gasteiger partial charge on any atom is 0.115 e. The number of para-hydroxylation sites is 1. The third kappa shape index (κ3) is 7.14. The fourth-order valence-electron chi connectivity index (χ4n) is 3.10. The van der Waals surface area contributed by atoms with Crippen molar-refractivity contribution in [2.75, 3.05) is 0 Å². The molecule has 0 bridgehead atoms. The van der Waals surface area contributed by atoms with Gasteiger partial charge in [-0.1, -0.05) is 111 Å². The van der Waals surface area contributed by atoms with Crippen molar-refractivity contribution in [1.82, 2.24) is 0 Å². The molecule has 0 saturated carbocycles. The van der Waals surface area contributed by atoms with E-state index < -0.39 is 0 Å². The maximum absolute atomic E-state index is 8.63. The van der Waals surface area contributed by atoms with Gasteiger partial charge < -0.3 is 5.11 Å². The highest BCUT2D eigenvalue weighted by atomic mass is 16.3. The zero-order valence-electron chi connectivity index (χ0n) is 15.7. The maximum atomic E-state index is 8.63. The van der Waals surface area contributed by atoms with Crippen molar-refractivity contribution in [2.24, 2.45) is 0 Å². The molecule has 0 aliphatic rings. The van der Waals surface area contributed by atoms with Gasteiger partial charge in [0.15, 0.2) is 0 Å². The normalized spacial score (nSPS) is 10.2. The molecule has 3 aromatic carbocycles. The van der Waals surface area contributed by atoms with E-state index in [2.05, 4.69) is 67.6 Å². The van der Waals surface area contributed by atoms with E-state index in [-0.39, 0.29) is 0 Å². The van der Waals surface area contributed by atoms with Crippen molar-refractivity contribution in [3.8, 4) is 5.75 Å². The van der Waals surface area contributed by atoms with Crippen molar-refractivity contribution < 1.29 is 5.11 Å². The molecule has 1 heteroatoms.